The summed E-state index contributed by atoms with van der Waals surface area (Å²) in [5, 5.41) is 5.84. The number of nitrogens with two attached hydrogens (primary N) is 1. The molecule has 194 valence electrons. The van der Waals surface area contributed by atoms with Gasteiger partial charge in [-0.15, -0.1) is 0 Å². The number of amides is 2. The number of benzene rings is 2. The van der Waals surface area contributed by atoms with E-state index in [0.717, 1.165) is 31.2 Å². The molecular formula is C27H35FN4O4. The first-order valence-corrected chi connectivity index (χ1v) is 12.2. The molecule has 36 heavy (non-hydrogen) atoms. The summed E-state index contributed by atoms with van der Waals surface area (Å²) in [6.45, 7) is 0.199. The molecule has 2 aromatic carbocycles. The Labute approximate surface area is 211 Å². The number of halogens is 1. The number of rotatable bonds is 10. The highest BCUT2D eigenvalue weighted by molar-refractivity contribution is 5.95. The maximum Gasteiger partial charge on any atom is 0.253 e. The van der Waals surface area contributed by atoms with Crippen molar-refractivity contribution in [1.82, 2.24) is 10.6 Å². The van der Waals surface area contributed by atoms with Crippen LogP contribution in [-0.4, -0.2) is 38.0 Å². The summed E-state index contributed by atoms with van der Waals surface area (Å²) in [4.78, 5) is 29.5. The molecule has 0 heterocycles. The lowest BCUT2D eigenvalue weighted by Crippen LogP contribution is -2.50. The monoisotopic (exact) mass is 498 g/mol. The van der Waals surface area contributed by atoms with E-state index in [4.69, 9.17) is 15.2 Å². The van der Waals surface area contributed by atoms with E-state index in [1.807, 2.05) is 6.07 Å². The van der Waals surface area contributed by atoms with Crippen LogP contribution >= 0.6 is 0 Å². The molecule has 0 saturated heterocycles. The smallest absolute Gasteiger partial charge is 0.253 e. The fourth-order valence-electron chi connectivity index (χ4n) is 4.46. The van der Waals surface area contributed by atoms with Crippen LogP contribution in [0.3, 0.4) is 0 Å². The summed E-state index contributed by atoms with van der Waals surface area (Å²) in [6.07, 6.45) is 6.22. The van der Waals surface area contributed by atoms with Crippen LogP contribution < -0.4 is 25.8 Å². The number of methoxy groups -OCH3 is 2. The number of hydrogen-bond acceptors (Lipinski definition) is 4. The van der Waals surface area contributed by atoms with E-state index in [2.05, 4.69) is 15.6 Å². The minimum Gasteiger partial charge on any atom is -0.497 e. The van der Waals surface area contributed by atoms with Crippen molar-refractivity contribution >= 4 is 17.8 Å². The predicted molar refractivity (Wildman–Crippen MR) is 136 cm³/mol. The lowest BCUT2D eigenvalue weighted by Gasteiger charge is -2.27. The maximum atomic E-state index is 13.7. The summed E-state index contributed by atoms with van der Waals surface area (Å²) in [7, 11) is 2.95. The highest BCUT2D eigenvalue weighted by Crippen LogP contribution is 2.27. The molecule has 1 fully saturated rings. The maximum absolute atomic E-state index is 13.7. The van der Waals surface area contributed by atoms with Gasteiger partial charge >= 0.3 is 0 Å². The minimum absolute atomic E-state index is 0.0610. The van der Waals surface area contributed by atoms with Crippen molar-refractivity contribution in [2.45, 2.75) is 57.5 Å². The summed E-state index contributed by atoms with van der Waals surface area (Å²) < 4.78 is 23.9. The number of nitrogens with zero attached hydrogens (tertiary/aromatic N) is 1. The van der Waals surface area contributed by atoms with Gasteiger partial charge < -0.3 is 25.8 Å². The van der Waals surface area contributed by atoms with Gasteiger partial charge in [-0.25, -0.2) is 4.39 Å². The lowest BCUT2D eigenvalue weighted by atomic mass is 9.84. The Hall–Kier alpha value is -3.62. The van der Waals surface area contributed by atoms with E-state index < -0.39 is 17.8 Å². The number of hydrogen-bond donors (Lipinski definition) is 3. The molecule has 2 amide bonds. The van der Waals surface area contributed by atoms with Crippen molar-refractivity contribution in [3.8, 4) is 11.5 Å². The molecule has 0 spiro atoms. The van der Waals surface area contributed by atoms with E-state index in [1.165, 1.54) is 19.6 Å². The van der Waals surface area contributed by atoms with Crippen LogP contribution in [-0.2, 0) is 22.6 Å². The van der Waals surface area contributed by atoms with Crippen LogP contribution in [0, 0.1) is 11.7 Å². The number of ether oxygens (including phenoxy) is 2. The van der Waals surface area contributed by atoms with Crippen LogP contribution in [0.4, 0.5) is 4.39 Å². The Kier molecular flexibility index (Phi) is 10.1. The Morgan fingerprint density at radius 2 is 1.86 bits per heavy atom. The average Bonchev–Trinajstić information content (AvgIpc) is 2.88. The van der Waals surface area contributed by atoms with E-state index in [-0.39, 0.29) is 30.6 Å². The van der Waals surface area contributed by atoms with Gasteiger partial charge in [-0.05, 0) is 47.7 Å². The van der Waals surface area contributed by atoms with Gasteiger partial charge in [0.1, 0.15) is 11.8 Å². The van der Waals surface area contributed by atoms with Crippen molar-refractivity contribution < 1.29 is 23.5 Å². The van der Waals surface area contributed by atoms with Gasteiger partial charge in [0.05, 0.1) is 20.6 Å². The van der Waals surface area contributed by atoms with E-state index in [0.29, 0.717) is 23.7 Å². The molecule has 9 heteroatoms. The molecule has 0 radical (unpaired) electrons. The lowest BCUT2D eigenvalue weighted by molar-refractivity contribution is -0.123. The van der Waals surface area contributed by atoms with Crippen molar-refractivity contribution in [3.63, 3.8) is 0 Å². The number of guanidine groups is 1. The standard InChI is InChI=1S/C27H35FN4O4/c1-35-21-10-6-9-19(13-21)16-25(33)32-27(29)31-23(14-18-7-4-3-5-8-18)26(34)30-17-20-11-12-22(28)24(15-20)36-2/h6,9-13,15,18,23H,3-5,7-8,14,16-17H2,1-2H3,(H,30,34)(H3,29,31,32,33)/t23-/m1/s1. The van der Waals surface area contributed by atoms with Crippen molar-refractivity contribution in [2.24, 2.45) is 16.6 Å². The van der Waals surface area contributed by atoms with Gasteiger partial charge in [-0.1, -0.05) is 50.3 Å². The molecule has 2 aromatic rings. The molecule has 1 atom stereocenters. The molecule has 0 aromatic heterocycles. The van der Waals surface area contributed by atoms with Gasteiger partial charge in [0, 0.05) is 6.54 Å². The SMILES string of the molecule is COc1cccc(CC(=O)N=C(N)N[C@H](CC2CCCCC2)C(=O)NCc2ccc(F)c(OC)c2)c1. The fraction of sp³-hybridized carbons (Fsp3) is 0.444. The average molecular weight is 499 g/mol. The summed E-state index contributed by atoms with van der Waals surface area (Å²) in [5.41, 5.74) is 7.50. The van der Waals surface area contributed by atoms with Gasteiger partial charge in [-0.3, -0.25) is 9.59 Å². The minimum atomic E-state index is -0.649. The van der Waals surface area contributed by atoms with E-state index in [9.17, 15) is 14.0 Å². The third-order valence-electron chi connectivity index (χ3n) is 6.35. The zero-order valence-electron chi connectivity index (χ0n) is 20.9. The van der Waals surface area contributed by atoms with E-state index >= 15 is 0 Å². The normalized spacial score (nSPS) is 15.1. The van der Waals surface area contributed by atoms with Crippen LogP contribution in [0.5, 0.6) is 11.5 Å². The molecule has 0 unspecified atom stereocenters. The van der Waals surface area contributed by atoms with Crippen molar-refractivity contribution in [2.75, 3.05) is 14.2 Å². The first kappa shape index (κ1) is 27.0. The largest absolute Gasteiger partial charge is 0.497 e. The van der Waals surface area contributed by atoms with Gasteiger partial charge in [-0.2, -0.15) is 4.99 Å². The third-order valence-corrected chi connectivity index (χ3v) is 6.35. The van der Waals surface area contributed by atoms with E-state index in [1.54, 1.807) is 37.4 Å². The third kappa shape index (κ3) is 8.25. The second-order valence-electron chi connectivity index (χ2n) is 9.04. The quantitative estimate of drug-likeness (QED) is 0.341. The second-order valence-corrected chi connectivity index (χ2v) is 9.04. The van der Waals surface area contributed by atoms with Gasteiger partial charge in [0.25, 0.3) is 5.91 Å². The van der Waals surface area contributed by atoms with Crippen LogP contribution in [0.1, 0.15) is 49.7 Å². The van der Waals surface area contributed by atoms with Crippen molar-refractivity contribution in [1.29, 1.82) is 0 Å². The van der Waals surface area contributed by atoms with Crippen LogP contribution in [0.15, 0.2) is 47.5 Å². The Balaban J connectivity index is 1.65. The molecule has 4 N–H and O–H groups in total. The second kappa shape index (κ2) is 13.5. The number of carbonyl (C=O) groups excluding carboxylic acids is 2. The highest BCUT2D eigenvalue weighted by atomic mass is 19.1. The predicted octanol–water partition coefficient (Wildman–Crippen LogP) is 3.47. The molecule has 1 aliphatic rings. The summed E-state index contributed by atoms with van der Waals surface area (Å²) in [6, 6.07) is 11.0. The molecule has 8 nitrogen and oxygen atoms in total. The number of carbonyl (C=O) groups is 2. The Morgan fingerprint density at radius 1 is 1.08 bits per heavy atom. The highest BCUT2D eigenvalue weighted by Gasteiger charge is 2.25. The zero-order valence-corrected chi connectivity index (χ0v) is 20.9. The summed E-state index contributed by atoms with van der Waals surface area (Å²) >= 11 is 0. The topological polar surface area (TPSA) is 115 Å². The van der Waals surface area contributed by atoms with Crippen molar-refractivity contribution in [3.05, 3.63) is 59.4 Å². The first-order chi connectivity index (χ1) is 17.4. The molecule has 3 rings (SSSR count). The molecule has 1 aliphatic carbocycles. The fourth-order valence-corrected chi connectivity index (χ4v) is 4.46. The molecule has 1 saturated carbocycles. The molecular weight excluding hydrogens is 463 g/mol. The molecule has 0 aliphatic heterocycles. The molecule has 0 bridgehead atoms. The number of nitrogens with one attached hydrogen (secondary N) is 2. The Morgan fingerprint density at radius 3 is 2.58 bits per heavy atom. The van der Waals surface area contributed by atoms with Crippen LogP contribution in [0.2, 0.25) is 0 Å². The first-order valence-electron chi connectivity index (χ1n) is 12.2. The number of aliphatic imine (C=N–C) groups is 1. The van der Waals surface area contributed by atoms with Gasteiger partial charge in [0.15, 0.2) is 17.5 Å². The zero-order chi connectivity index (χ0) is 25.9. The Bertz CT molecular complexity index is 1070. The summed E-state index contributed by atoms with van der Waals surface area (Å²) in [5.74, 6) is -0.101. The van der Waals surface area contributed by atoms with Gasteiger partial charge in [0.2, 0.25) is 5.91 Å². The van der Waals surface area contributed by atoms with Crippen LogP contribution in [0.25, 0.3) is 0 Å².